The monoisotopic (exact) mass is 408 g/mol. The van der Waals surface area contributed by atoms with Crippen LogP contribution in [0.4, 0.5) is 5.82 Å². The van der Waals surface area contributed by atoms with Crippen molar-refractivity contribution in [1.29, 1.82) is 0 Å². The van der Waals surface area contributed by atoms with Crippen molar-refractivity contribution in [1.82, 2.24) is 9.88 Å². The van der Waals surface area contributed by atoms with Gasteiger partial charge in [0, 0.05) is 41.5 Å². The lowest BCUT2D eigenvalue weighted by Crippen LogP contribution is -2.45. The maximum absolute atomic E-state index is 11.8. The van der Waals surface area contributed by atoms with Crippen LogP contribution >= 0.6 is 0 Å². The van der Waals surface area contributed by atoms with Crippen LogP contribution in [0.25, 0.3) is 11.8 Å². The fourth-order valence-electron chi connectivity index (χ4n) is 4.47. The number of carbonyl (C=O) groups excluding carboxylic acids is 1. The number of aromatic hydroxyl groups is 1. The van der Waals surface area contributed by atoms with Crippen molar-refractivity contribution in [2.24, 2.45) is 5.73 Å². The van der Waals surface area contributed by atoms with Crippen LogP contribution in [0.5, 0.6) is 5.75 Å². The SMILES string of the molecule is C=CC(=O)N1CCC2(CC1)CC(c1cc(/C=C(\N)c3ccccc3O)c(N)[nH]1)CO2. The number of hydrogen-bond donors (Lipinski definition) is 4. The van der Waals surface area contributed by atoms with Gasteiger partial charge >= 0.3 is 0 Å². The topological polar surface area (TPSA) is 118 Å². The summed E-state index contributed by atoms with van der Waals surface area (Å²) in [6.45, 7) is 5.56. The summed E-state index contributed by atoms with van der Waals surface area (Å²) in [5.74, 6) is 0.862. The molecule has 2 aliphatic heterocycles. The van der Waals surface area contributed by atoms with Crippen LogP contribution in [-0.2, 0) is 9.53 Å². The number of nitrogens with zero attached hydrogens (tertiary/aromatic N) is 1. The first-order valence-corrected chi connectivity index (χ1v) is 10.2. The van der Waals surface area contributed by atoms with Crippen molar-refractivity contribution in [2.45, 2.75) is 30.8 Å². The van der Waals surface area contributed by atoms with Gasteiger partial charge in [-0.1, -0.05) is 18.7 Å². The molecule has 1 aromatic carbocycles. The standard InChI is InChI=1S/C23H28N4O3/c1-2-21(29)27-9-7-23(8-10-27)13-16(14-30-23)19-12-15(22(25)26-19)11-18(24)17-5-3-4-6-20(17)28/h2-6,11-12,16,26,28H,1,7-10,13-14,24-25H2/b18-11-. The van der Waals surface area contributed by atoms with Crippen LogP contribution in [0, 0.1) is 0 Å². The number of para-hydroxylation sites is 1. The van der Waals surface area contributed by atoms with E-state index in [1.807, 2.05) is 17.0 Å². The summed E-state index contributed by atoms with van der Waals surface area (Å²) < 4.78 is 6.23. The molecule has 2 aliphatic rings. The van der Waals surface area contributed by atoms with Gasteiger partial charge in [-0.25, -0.2) is 0 Å². The van der Waals surface area contributed by atoms with E-state index in [9.17, 15) is 9.90 Å². The van der Waals surface area contributed by atoms with Crippen molar-refractivity contribution in [3.05, 3.63) is 59.8 Å². The molecule has 7 nitrogen and oxygen atoms in total. The number of anilines is 1. The van der Waals surface area contributed by atoms with E-state index in [0.29, 0.717) is 36.8 Å². The van der Waals surface area contributed by atoms with Gasteiger partial charge in [0.05, 0.1) is 12.2 Å². The average molecular weight is 409 g/mol. The van der Waals surface area contributed by atoms with Crippen LogP contribution < -0.4 is 11.5 Å². The molecule has 3 heterocycles. The summed E-state index contributed by atoms with van der Waals surface area (Å²) in [6, 6.07) is 8.95. The maximum atomic E-state index is 11.8. The number of nitrogens with two attached hydrogens (primary N) is 2. The zero-order chi connectivity index (χ0) is 21.3. The van der Waals surface area contributed by atoms with Crippen LogP contribution in [-0.4, -0.2) is 46.2 Å². The van der Waals surface area contributed by atoms with Crippen LogP contribution in [0.3, 0.4) is 0 Å². The summed E-state index contributed by atoms with van der Waals surface area (Å²) in [5, 5.41) is 10.0. The minimum absolute atomic E-state index is 0.0185. The second kappa shape index (κ2) is 7.91. The minimum atomic E-state index is -0.187. The molecule has 2 fully saturated rings. The van der Waals surface area contributed by atoms with E-state index in [4.69, 9.17) is 16.2 Å². The molecule has 1 atom stereocenters. The zero-order valence-corrected chi connectivity index (χ0v) is 16.9. The Morgan fingerprint density at radius 3 is 2.77 bits per heavy atom. The summed E-state index contributed by atoms with van der Waals surface area (Å²) in [6.07, 6.45) is 5.68. The molecule has 1 unspecified atom stereocenters. The molecule has 0 saturated carbocycles. The van der Waals surface area contributed by atoms with E-state index < -0.39 is 0 Å². The van der Waals surface area contributed by atoms with E-state index in [1.165, 1.54) is 6.08 Å². The highest BCUT2D eigenvalue weighted by Gasteiger charge is 2.44. The second-order valence-electron chi connectivity index (χ2n) is 8.13. The van der Waals surface area contributed by atoms with E-state index in [2.05, 4.69) is 11.6 Å². The molecule has 2 aromatic rings. The summed E-state index contributed by atoms with van der Waals surface area (Å²) in [4.78, 5) is 16.9. The van der Waals surface area contributed by atoms with Gasteiger partial charge in [0.1, 0.15) is 11.6 Å². The highest BCUT2D eigenvalue weighted by atomic mass is 16.5. The predicted molar refractivity (Wildman–Crippen MR) is 117 cm³/mol. The zero-order valence-electron chi connectivity index (χ0n) is 16.9. The number of nitrogen functional groups attached to an aromatic ring is 1. The van der Waals surface area contributed by atoms with Gasteiger partial charge < -0.3 is 31.2 Å². The second-order valence-corrected chi connectivity index (χ2v) is 8.13. The quantitative estimate of drug-likeness (QED) is 0.580. The lowest BCUT2D eigenvalue weighted by atomic mass is 9.84. The van der Waals surface area contributed by atoms with Gasteiger partial charge in [0.15, 0.2) is 0 Å². The molecule has 1 aromatic heterocycles. The third-order valence-electron chi connectivity index (χ3n) is 6.24. The first kappa shape index (κ1) is 20.1. The Morgan fingerprint density at radius 1 is 1.33 bits per heavy atom. The Morgan fingerprint density at radius 2 is 2.07 bits per heavy atom. The van der Waals surface area contributed by atoms with Crippen molar-refractivity contribution in [3.8, 4) is 5.75 Å². The van der Waals surface area contributed by atoms with Gasteiger partial charge in [0.25, 0.3) is 0 Å². The maximum Gasteiger partial charge on any atom is 0.245 e. The molecule has 158 valence electrons. The number of aromatic nitrogens is 1. The van der Waals surface area contributed by atoms with Gasteiger partial charge in [-0.3, -0.25) is 4.79 Å². The van der Waals surface area contributed by atoms with E-state index in [0.717, 1.165) is 30.5 Å². The Labute approximate surface area is 176 Å². The van der Waals surface area contributed by atoms with Crippen molar-refractivity contribution in [3.63, 3.8) is 0 Å². The fraction of sp³-hybridized carbons (Fsp3) is 0.348. The lowest BCUT2D eigenvalue weighted by Gasteiger charge is -2.38. The summed E-state index contributed by atoms with van der Waals surface area (Å²) >= 11 is 0. The number of rotatable bonds is 4. The number of piperidine rings is 1. The van der Waals surface area contributed by atoms with Crippen molar-refractivity contribution in [2.75, 3.05) is 25.4 Å². The number of amides is 1. The van der Waals surface area contributed by atoms with Gasteiger partial charge in [0.2, 0.25) is 5.91 Å². The fourth-order valence-corrected chi connectivity index (χ4v) is 4.47. The minimum Gasteiger partial charge on any atom is -0.507 e. The highest BCUT2D eigenvalue weighted by molar-refractivity contribution is 5.87. The lowest BCUT2D eigenvalue weighted by molar-refractivity contribution is -0.130. The van der Waals surface area contributed by atoms with Gasteiger partial charge in [-0.2, -0.15) is 0 Å². The molecular weight excluding hydrogens is 380 g/mol. The molecule has 30 heavy (non-hydrogen) atoms. The number of aromatic amines is 1. The van der Waals surface area contributed by atoms with E-state index >= 15 is 0 Å². The first-order valence-electron chi connectivity index (χ1n) is 10.2. The van der Waals surface area contributed by atoms with Crippen LogP contribution in [0.2, 0.25) is 0 Å². The normalized spacial score (nSPS) is 21.1. The Kier molecular flexibility index (Phi) is 5.30. The molecule has 0 radical (unpaired) electrons. The number of hydrogen-bond acceptors (Lipinski definition) is 5. The third-order valence-corrected chi connectivity index (χ3v) is 6.24. The largest absolute Gasteiger partial charge is 0.507 e. The van der Waals surface area contributed by atoms with Crippen LogP contribution in [0.15, 0.2) is 43.0 Å². The first-order chi connectivity index (χ1) is 14.4. The predicted octanol–water partition coefficient (Wildman–Crippen LogP) is 2.81. The summed E-state index contributed by atoms with van der Waals surface area (Å²) in [7, 11) is 0. The molecule has 6 N–H and O–H groups in total. The summed E-state index contributed by atoms with van der Waals surface area (Å²) in [5.41, 5.74) is 15.0. The molecule has 7 heteroatoms. The van der Waals surface area contributed by atoms with Gasteiger partial charge in [-0.15, -0.1) is 0 Å². The number of nitrogens with one attached hydrogen (secondary N) is 1. The number of likely N-dealkylation sites (tertiary alicyclic amines) is 1. The Hall–Kier alpha value is -3.19. The van der Waals surface area contributed by atoms with E-state index in [1.54, 1.807) is 24.3 Å². The number of carbonyl (C=O) groups is 1. The number of ether oxygens (including phenoxy) is 1. The van der Waals surface area contributed by atoms with E-state index in [-0.39, 0.29) is 23.2 Å². The molecule has 2 saturated heterocycles. The number of phenols is 1. The Bertz CT molecular complexity index is 986. The Balaban J connectivity index is 1.47. The highest BCUT2D eigenvalue weighted by Crippen LogP contribution is 2.43. The number of H-pyrrole nitrogens is 1. The number of phenolic OH excluding ortho intramolecular Hbond substituents is 1. The number of benzene rings is 1. The molecule has 0 aliphatic carbocycles. The molecular formula is C23H28N4O3. The molecule has 4 rings (SSSR count). The van der Waals surface area contributed by atoms with Gasteiger partial charge in [-0.05, 0) is 49.6 Å². The molecule has 0 bridgehead atoms. The average Bonchev–Trinajstić information content (AvgIpc) is 3.32. The molecule has 1 spiro atoms. The third kappa shape index (κ3) is 3.80. The molecule has 1 amide bonds. The smallest absolute Gasteiger partial charge is 0.245 e. The van der Waals surface area contributed by atoms with Crippen molar-refractivity contribution < 1.29 is 14.6 Å². The van der Waals surface area contributed by atoms with Crippen LogP contribution in [0.1, 0.15) is 42.0 Å². The van der Waals surface area contributed by atoms with Crippen molar-refractivity contribution >= 4 is 23.5 Å².